The maximum absolute atomic E-state index is 13.4. The molecule has 23 heavy (non-hydrogen) atoms. The van der Waals surface area contributed by atoms with Crippen molar-refractivity contribution in [2.45, 2.75) is 18.4 Å². The highest BCUT2D eigenvalue weighted by Crippen LogP contribution is 2.38. The Labute approximate surface area is 133 Å². The Bertz CT molecular complexity index is 651. The molecule has 0 bridgehead atoms. The van der Waals surface area contributed by atoms with Crippen molar-refractivity contribution in [1.82, 2.24) is 4.90 Å². The molecule has 1 aliphatic heterocycles. The second kappa shape index (κ2) is 6.34. The first-order valence-electron chi connectivity index (χ1n) is 7.50. The van der Waals surface area contributed by atoms with Crippen molar-refractivity contribution in [3.8, 4) is 0 Å². The molecule has 0 amide bonds. The highest BCUT2D eigenvalue weighted by atomic mass is 19.4. The zero-order valence-corrected chi connectivity index (χ0v) is 12.8. The zero-order valence-electron chi connectivity index (χ0n) is 12.8. The number of halogens is 3. The highest BCUT2D eigenvalue weighted by Gasteiger charge is 2.37. The minimum atomic E-state index is -4.40. The number of hydrogen-bond donors (Lipinski definition) is 0. The fraction of sp³-hybridized carbons (Fsp3) is 0.333. The average molecular weight is 321 g/mol. The van der Waals surface area contributed by atoms with Crippen molar-refractivity contribution in [1.29, 1.82) is 0 Å². The van der Waals surface area contributed by atoms with Gasteiger partial charge in [0.15, 0.2) is 0 Å². The minimum absolute atomic E-state index is 0.0495. The van der Waals surface area contributed by atoms with Gasteiger partial charge in [0.25, 0.3) is 0 Å². The molecule has 0 radical (unpaired) electrons. The van der Waals surface area contributed by atoms with Gasteiger partial charge < -0.3 is 9.64 Å². The van der Waals surface area contributed by atoms with E-state index in [1.165, 1.54) is 12.1 Å². The van der Waals surface area contributed by atoms with Crippen LogP contribution >= 0.6 is 0 Å². The van der Waals surface area contributed by atoms with E-state index in [9.17, 15) is 13.2 Å². The highest BCUT2D eigenvalue weighted by molar-refractivity contribution is 5.37. The summed E-state index contributed by atoms with van der Waals surface area (Å²) in [5.74, 6) is 0. The second-order valence-corrected chi connectivity index (χ2v) is 5.86. The number of alkyl halides is 3. The fourth-order valence-corrected chi connectivity index (χ4v) is 2.86. The number of benzene rings is 2. The molecule has 5 heteroatoms. The predicted molar refractivity (Wildman–Crippen MR) is 82.1 cm³/mol. The van der Waals surface area contributed by atoms with Gasteiger partial charge in [0.2, 0.25) is 0 Å². The van der Waals surface area contributed by atoms with Gasteiger partial charge in [-0.3, -0.25) is 0 Å². The summed E-state index contributed by atoms with van der Waals surface area (Å²) in [5, 5.41) is 0. The summed E-state index contributed by atoms with van der Waals surface area (Å²) >= 11 is 0. The molecular formula is C18H18F3NO. The molecule has 122 valence electrons. The monoisotopic (exact) mass is 321 g/mol. The lowest BCUT2D eigenvalue weighted by Gasteiger charge is -2.38. The maximum Gasteiger partial charge on any atom is 0.416 e. The Kier molecular flexibility index (Phi) is 4.41. The van der Waals surface area contributed by atoms with Crippen molar-refractivity contribution in [3.05, 3.63) is 71.3 Å². The van der Waals surface area contributed by atoms with Crippen molar-refractivity contribution in [2.75, 3.05) is 20.1 Å². The van der Waals surface area contributed by atoms with Crippen LogP contribution in [0.5, 0.6) is 0 Å². The lowest BCUT2D eigenvalue weighted by atomic mass is 9.95. The van der Waals surface area contributed by atoms with Gasteiger partial charge in [0, 0.05) is 13.1 Å². The number of ether oxygens (including phenoxy) is 1. The second-order valence-electron chi connectivity index (χ2n) is 5.86. The van der Waals surface area contributed by atoms with Crippen LogP contribution in [0.3, 0.4) is 0 Å². The largest absolute Gasteiger partial charge is 0.416 e. The van der Waals surface area contributed by atoms with Gasteiger partial charge >= 0.3 is 6.18 Å². The summed E-state index contributed by atoms with van der Waals surface area (Å²) in [6.45, 7) is 1.47. The fourth-order valence-electron chi connectivity index (χ4n) is 2.86. The van der Waals surface area contributed by atoms with Crippen LogP contribution in [-0.2, 0) is 10.9 Å². The standard InChI is InChI=1S/C18H18F3NO/c1-22-11-14(12-22)23-17(13-7-3-2-4-8-13)15-9-5-6-10-16(15)18(19,20)21/h2-10,14,17H,11-12H2,1H3. The molecule has 0 N–H and O–H groups in total. The smallest absolute Gasteiger partial charge is 0.363 e. The molecule has 1 fully saturated rings. The normalized spacial score (nSPS) is 17.7. The van der Waals surface area contributed by atoms with E-state index in [0.717, 1.165) is 24.7 Å². The van der Waals surface area contributed by atoms with E-state index >= 15 is 0 Å². The summed E-state index contributed by atoms with van der Waals surface area (Å²) in [7, 11) is 1.96. The Hall–Kier alpha value is -1.85. The number of likely N-dealkylation sites (tertiary alicyclic amines) is 1. The number of nitrogens with zero attached hydrogens (tertiary/aromatic N) is 1. The summed E-state index contributed by atoms with van der Waals surface area (Å²) in [4.78, 5) is 2.07. The number of hydrogen-bond acceptors (Lipinski definition) is 2. The van der Waals surface area contributed by atoms with Crippen LogP contribution < -0.4 is 0 Å². The van der Waals surface area contributed by atoms with Gasteiger partial charge in [-0.25, -0.2) is 0 Å². The van der Waals surface area contributed by atoms with Crippen LogP contribution in [0, 0.1) is 0 Å². The topological polar surface area (TPSA) is 12.5 Å². The van der Waals surface area contributed by atoms with E-state index in [-0.39, 0.29) is 11.7 Å². The lowest BCUT2D eigenvalue weighted by molar-refractivity contribution is -0.140. The maximum atomic E-state index is 13.4. The minimum Gasteiger partial charge on any atom is -0.363 e. The summed E-state index contributed by atoms with van der Waals surface area (Å²) in [6.07, 6.45) is -5.16. The number of rotatable bonds is 4. The third kappa shape index (κ3) is 3.57. The molecule has 0 aliphatic carbocycles. The number of likely N-dealkylation sites (N-methyl/N-ethyl adjacent to an activating group) is 1. The Morgan fingerprint density at radius 3 is 2.22 bits per heavy atom. The van der Waals surface area contributed by atoms with E-state index in [4.69, 9.17) is 4.74 Å². The predicted octanol–water partition coefficient (Wildman–Crippen LogP) is 4.13. The first kappa shape index (κ1) is 16.0. The van der Waals surface area contributed by atoms with E-state index in [1.54, 1.807) is 18.2 Å². The average Bonchev–Trinajstić information content (AvgIpc) is 2.50. The van der Waals surface area contributed by atoms with E-state index in [0.29, 0.717) is 0 Å². The van der Waals surface area contributed by atoms with Crippen molar-refractivity contribution >= 4 is 0 Å². The first-order chi connectivity index (χ1) is 10.9. The van der Waals surface area contributed by atoms with Crippen molar-refractivity contribution < 1.29 is 17.9 Å². The van der Waals surface area contributed by atoms with Crippen LogP contribution in [0.1, 0.15) is 22.8 Å². The molecule has 1 atom stereocenters. The Balaban J connectivity index is 1.99. The molecule has 1 heterocycles. The van der Waals surface area contributed by atoms with Crippen molar-refractivity contribution in [3.63, 3.8) is 0 Å². The summed E-state index contributed by atoms with van der Waals surface area (Å²) in [6, 6.07) is 14.7. The van der Waals surface area contributed by atoms with Crippen LogP contribution in [-0.4, -0.2) is 31.1 Å². The lowest BCUT2D eigenvalue weighted by Crippen LogP contribution is -2.50. The Morgan fingerprint density at radius 1 is 1.00 bits per heavy atom. The quantitative estimate of drug-likeness (QED) is 0.840. The van der Waals surface area contributed by atoms with Gasteiger partial charge in [0.05, 0.1) is 11.7 Å². The summed E-state index contributed by atoms with van der Waals surface area (Å²) < 4.78 is 46.1. The first-order valence-corrected chi connectivity index (χ1v) is 7.50. The van der Waals surface area contributed by atoms with Crippen LogP contribution in [0.4, 0.5) is 13.2 Å². The molecule has 2 aromatic carbocycles. The molecule has 2 aromatic rings. The van der Waals surface area contributed by atoms with E-state index < -0.39 is 17.8 Å². The van der Waals surface area contributed by atoms with Crippen molar-refractivity contribution in [2.24, 2.45) is 0 Å². The third-order valence-corrected chi connectivity index (χ3v) is 4.01. The SMILES string of the molecule is CN1CC(OC(c2ccccc2)c2ccccc2C(F)(F)F)C1. The zero-order chi connectivity index (χ0) is 16.4. The third-order valence-electron chi connectivity index (χ3n) is 4.01. The van der Waals surface area contributed by atoms with E-state index in [1.807, 2.05) is 25.2 Å². The van der Waals surface area contributed by atoms with Crippen LogP contribution in [0.25, 0.3) is 0 Å². The molecule has 1 saturated heterocycles. The van der Waals surface area contributed by atoms with Gasteiger partial charge in [-0.1, -0.05) is 48.5 Å². The molecule has 0 aromatic heterocycles. The van der Waals surface area contributed by atoms with Gasteiger partial charge in [-0.2, -0.15) is 13.2 Å². The molecule has 3 rings (SSSR count). The Morgan fingerprint density at radius 2 is 1.61 bits per heavy atom. The van der Waals surface area contributed by atoms with Gasteiger partial charge in [-0.05, 0) is 24.2 Å². The van der Waals surface area contributed by atoms with Crippen LogP contribution in [0.2, 0.25) is 0 Å². The van der Waals surface area contributed by atoms with Crippen LogP contribution in [0.15, 0.2) is 54.6 Å². The molecule has 0 spiro atoms. The molecule has 2 nitrogen and oxygen atoms in total. The molecule has 0 saturated carbocycles. The van der Waals surface area contributed by atoms with E-state index in [2.05, 4.69) is 4.90 Å². The van der Waals surface area contributed by atoms with Gasteiger partial charge in [-0.15, -0.1) is 0 Å². The molecular weight excluding hydrogens is 303 g/mol. The summed E-state index contributed by atoms with van der Waals surface area (Å²) in [5.41, 5.74) is 0.265. The molecule has 1 aliphatic rings. The van der Waals surface area contributed by atoms with Gasteiger partial charge in [0.1, 0.15) is 6.10 Å². The molecule has 1 unspecified atom stereocenters.